The Labute approximate surface area is 97.0 Å². The molecule has 1 aliphatic rings. The number of ketones is 1. The third-order valence-electron chi connectivity index (χ3n) is 2.06. The van der Waals surface area contributed by atoms with Gasteiger partial charge in [0.2, 0.25) is 9.46 Å². The minimum atomic E-state index is -1.74. The number of Topliss-reactive ketones (excluding diaryl/α,β-unsaturated/α-hetero) is 1. The van der Waals surface area contributed by atoms with Gasteiger partial charge in [-0.25, -0.2) is 4.39 Å². The van der Waals surface area contributed by atoms with Crippen LogP contribution in [-0.4, -0.2) is 9.46 Å². The highest BCUT2D eigenvalue weighted by molar-refractivity contribution is 14.1. The lowest BCUT2D eigenvalue weighted by Gasteiger charge is -2.05. The van der Waals surface area contributed by atoms with Gasteiger partial charge in [0.05, 0.1) is 0 Å². The first kappa shape index (κ1) is 9.58. The lowest BCUT2D eigenvalue weighted by Crippen LogP contribution is -2.21. The number of carbonyl (C=O) groups excluding carboxylic acids is 1. The van der Waals surface area contributed by atoms with E-state index in [1.807, 2.05) is 0 Å². The molecule has 0 saturated carbocycles. The van der Waals surface area contributed by atoms with Crippen LogP contribution >= 0.6 is 38.5 Å². The number of alkyl halides is 2. The molecule has 0 radical (unpaired) electrons. The zero-order chi connectivity index (χ0) is 9.64. The fourth-order valence-corrected chi connectivity index (χ4v) is 2.56. The van der Waals surface area contributed by atoms with Crippen LogP contribution in [0.3, 0.4) is 0 Å². The Morgan fingerprint density at radius 1 is 1.54 bits per heavy atom. The van der Waals surface area contributed by atoms with E-state index in [4.69, 9.17) is 0 Å². The van der Waals surface area contributed by atoms with Crippen LogP contribution in [0.1, 0.15) is 15.9 Å². The number of halogens is 3. The average molecular weight is 355 g/mol. The van der Waals surface area contributed by atoms with Gasteiger partial charge < -0.3 is 0 Å². The fourth-order valence-electron chi connectivity index (χ4n) is 1.45. The van der Waals surface area contributed by atoms with Gasteiger partial charge >= 0.3 is 0 Å². The van der Waals surface area contributed by atoms with Crippen molar-refractivity contribution in [1.29, 1.82) is 0 Å². The molecule has 13 heavy (non-hydrogen) atoms. The summed E-state index contributed by atoms with van der Waals surface area (Å²) < 4.78 is 12.7. The van der Waals surface area contributed by atoms with Crippen LogP contribution in [-0.2, 0) is 6.42 Å². The highest BCUT2D eigenvalue weighted by atomic mass is 127. The molecule has 1 aliphatic carbocycles. The van der Waals surface area contributed by atoms with E-state index in [1.165, 1.54) is 0 Å². The molecule has 0 saturated heterocycles. The minimum absolute atomic E-state index is 0.182. The second kappa shape index (κ2) is 3.02. The second-order valence-corrected chi connectivity index (χ2v) is 5.64. The Balaban J connectivity index is 2.57. The van der Waals surface area contributed by atoms with Gasteiger partial charge in [0, 0.05) is 16.5 Å². The van der Waals surface area contributed by atoms with Crippen molar-refractivity contribution >= 4 is 44.3 Å². The van der Waals surface area contributed by atoms with Crippen LogP contribution in [0.15, 0.2) is 22.7 Å². The van der Waals surface area contributed by atoms with Crippen molar-refractivity contribution in [2.45, 2.75) is 10.1 Å². The van der Waals surface area contributed by atoms with Gasteiger partial charge in [0.1, 0.15) is 0 Å². The molecular formula is C9H5BrFIO. The van der Waals surface area contributed by atoms with Gasteiger partial charge in [-0.05, 0) is 46.4 Å². The van der Waals surface area contributed by atoms with E-state index in [1.54, 1.807) is 40.8 Å². The molecule has 0 amide bonds. The van der Waals surface area contributed by atoms with Gasteiger partial charge in [-0.3, -0.25) is 4.79 Å². The Morgan fingerprint density at radius 2 is 2.23 bits per heavy atom. The summed E-state index contributed by atoms with van der Waals surface area (Å²) in [7, 11) is 0. The molecule has 4 heteroatoms. The van der Waals surface area contributed by atoms with E-state index in [2.05, 4.69) is 15.9 Å². The van der Waals surface area contributed by atoms with Crippen LogP contribution in [0.4, 0.5) is 4.39 Å². The van der Waals surface area contributed by atoms with Crippen LogP contribution in [0.2, 0.25) is 0 Å². The van der Waals surface area contributed by atoms with Crippen LogP contribution in [0.25, 0.3) is 0 Å². The van der Waals surface area contributed by atoms with E-state index in [9.17, 15) is 9.18 Å². The molecule has 0 fully saturated rings. The monoisotopic (exact) mass is 354 g/mol. The highest BCUT2D eigenvalue weighted by Crippen LogP contribution is 2.38. The first-order valence-electron chi connectivity index (χ1n) is 3.72. The Bertz CT molecular complexity index is 389. The quantitative estimate of drug-likeness (QED) is 0.516. The van der Waals surface area contributed by atoms with Gasteiger partial charge in [0.25, 0.3) is 0 Å². The number of carbonyl (C=O) groups is 1. The summed E-state index contributed by atoms with van der Waals surface area (Å²) in [6.45, 7) is 0. The number of fused-ring (bicyclic) bond motifs is 1. The molecule has 68 valence electrons. The van der Waals surface area contributed by atoms with E-state index >= 15 is 0 Å². The zero-order valence-corrected chi connectivity index (χ0v) is 10.2. The molecule has 0 aromatic heterocycles. The maximum atomic E-state index is 13.6. The lowest BCUT2D eigenvalue weighted by molar-refractivity contribution is 0.0882. The summed E-state index contributed by atoms with van der Waals surface area (Å²) in [4.78, 5) is 11.4. The van der Waals surface area contributed by atoms with Gasteiger partial charge in [-0.2, -0.15) is 0 Å². The molecule has 1 aromatic carbocycles. The fraction of sp³-hybridized carbons (Fsp3) is 0.222. The summed E-state index contributed by atoms with van der Waals surface area (Å²) >= 11 is 4.85. The third-order valence-corrected chi connectivity index (χ3v) is 3.42. The summed E-state index contributed by atoms with van der Waals surface area (Å²) in [6.07, 6.45) is 0.182. The number of benzene rings is 1. The van der Waals surface area contributed by atoms with E-state index < -0.39 is 9.46 Å². The molecule has 0 heterocycles. The van der Waals surface area contributed by atoms with Crippen LogP contribution in [0.5, 0.6) is 0 Å². The number of hydrogen-bond donors (Lipinski definition) is 0. The standard InChI is InChI=1S/C9H5BrFIO/c10-6-1-2-7-5(3-6)4-9(11,12)8(7)13/h1-3H,4H2. The zero-order valence-electron chi connectivity index (χ0n) is 6.48. The van der Waals surface area contributed by atoms with E-state index in [0.717, 1.165) is 10.0 Å². The molecule has 1 aromatic rings. The van der Waals surface area contributed by atoms with Crippen molar-refractivity contribution in [3.05, 3.63) is 33.8 Å². The first-order chi connectivity index (χ1) is 6.00. The Morgan fingerprint density at radius 3 is 2.92 bits per heavy atom. The predicted molar refractivity (Wildman–Crippen MR) is 60.0 cm³/mol. The summed E-state index contributed by atoms with van der Waals surface area (Å²) in [5, 5.41) is 0. The van der Waals surface area contributed by atoms with E-state index in [-0.39, 0.29) is 6.42 Å². The number of hydrogen-bond acceptors (Lipinski definition) is 1. The largest absolute Gasteiger partial charge is 0.290 e. The van der Waals surface area contributed by atoms with Crippen LogP contribution < -0.4 is 0 Å². The van der Waals surface area contributed by atoms with Crippen LogP contribution in [0, 0.1) is 0 Å². The van der Waals surface area contributed by atoms with Crippen molar-refractivity contribution < 1.29 is 9.18 Å². The van der Waals surface area contributed by atoms with Crippen molar-refractivity contribution in [2.75, 3.05) is 0 Å². The molecular weight excluding hydrogens is 350 g/mol. The van der Waals surface area contributed by atoms with Crippen molar-refractivity contribution in [2.24, 2.45) is 0 Å². The summed E-state index contributed by atoms with van der Waals surface area (Å²) in [6, 6.07) is 5.23. The van der Waals surface area contributed by atoms with Crippen molar-refractivity contribution in [3.63, 3.8) is 0 Å². The first-order valence-corrected chi connectivity index (χ1v) is 5.59. The Kier molecular flexibility index (Phi) is 2.22. The molecule has 1 atom stereocenters. The lowest BCUT2D eigenvalue weighted by atomic mass is 10.1. The van der Waals surface area contributed by atoms with Gasteiger partial charge in [0.15, 0.2) is 0 Å². The molecule has 2 rings (SSSR count). The predicted octanol–water partition coefficient (Wildman–Crippen LogP) is 3.29. The highest BCUT2D eigenvalue weighted by Gasteiger charge is 2.43. The van der Waals surface area contributed by atoms with E-state index in [0.29, 0.717) is 5.56 Å². The third kappa shape index (κ3) is 1.54. The van der Waals surface area contributed by atoms with Crippen molar-refractivity contribution in [3.8, 4) is 0 Å². The summed E-state index contributed by atoms with van der Waals surface area (Å²) in [5.74, 6) is -0.407. The number of rotatable bonds is 0. The average Bonchev–Trinajstić information content (AvgIpc) is 2.22. The molecule has 1 nitrogen and oxygen atoms in total. The normalized spacial score (nSPS) is 26.2. The maximum Gasteiger partial charge on any atom is 0.227 e. The summed E-state index contributed by atoms with van der Waals surface area (Å²) in [5.41, 5.74) is 1.30. The van der Waals surface area contributed by atoms with Gasteiger partial charge in [-0.15, -0.1) is 0 Å². The molecule has 1 unspecified atom stereocenters. The second-order valence-electron chi connectivity index (χ2n) is 3.01. The topological polar surface area (TPSA) is 17.1 Å². The molecule has 0 N–H and O–H groups in total. The molecule has 0 spiro atoms. The SMILES string of the molecule is O=C1c2ccc(Br)cc2CC1(F)I. The smallest absolute Gasteiger partial charge is 0.227 e. The molecule has 0 bridgehead atoms. The maximum absolute atomic E-state index is 13.6. The minimum Gasteiger partial charge on any atom is -0.290 e. The Hall–Kier alpha value is 0.0300. The molecule has 0 aliphatic heterocycles. The van der Waals surface area contributed by atoms with Gasteiger partial charge in [-0.1, -0.05) is 15.9 Å². The van der Waals surface area contributed by atoms with Crippen molar-refractivity contribution in [1.82, 2.24) is 0 Å².